The van der Waals surface area contributed by atoms with E-state index in [1.54, 1.807) is 17.0 Å². The van der Waals surface area contributed by atoms with Gasteiger partial charge in [-0.15, -0.1) is 0 Å². The van der Waals surface area contributed by atoms with Crippen LogP contribution >= 0.6 is 11.6 Å². The number of sulfonamides is 1. The predicted octanol–water partition coefficient (Wildman–Crippen LogP) is 3.14. The molecule has 0 radical (unpaired) electrons. The van der Waals surface area contributed by atoms with Crippen molar-refractivity contribution in [1.29, 1.82) is 5.26 Å². The molecular formula is C17H14ClF3N4O2S. The molecule has 28 heavy (non-hydrogen) atoms. The highest BCUT2D eigenvalue weighted by Crippen LogP contribution is 2.34. The number of alkyl halides is 3. The Balaban J connectivity index is 1.81. The first kappa shape index (κ1) is 20.4. The van der Waals surface area contributed by atoms with E-state index < -0.39 is 26.7 Å². The molecule has 1 aliphatic rings. The number of anilines is 1. The van der Waals surface area contributed by atoms with Gasteiger partial charge in [-0.1, -0.05) is 11.6 Å². The zero-order chi connectivity index (χ0) is 20.5. The Morgan fingerprint density at radius 3 is 2.39 bits per heavy atom. The van der Waals surface area contributed by atoms with Crippen molar-refractivity contribution in [2.75, 3.05) is 31.1 Å². The largest absolute Gasteiger partial charge is 0.416 e. The Bertz CT molecular complexity index is 1030. The summed E-state index contributed by atoms with van der Waals surface area (Å²) in [5, 5.41) is 8.70. The number of nitrogens with zero attached hydrogens (tertiary/aromatic N) is 4. The Morgan fingerprint density at radius 2 is 1.79 bits per heavy atom. The van der Waals surface area contributed by atoms with Crippen LogP contribution in [0.5, 0.6) is 0 Å². The zero-order valence-corrected chi connectivity index (χ0v) is 15.9. The highest BCUT2D eigenvalue weighted by molar-refractivity contribution is 7.89. The van der Waals surface area contributed by atoms with Crippen molar-refractivity contribution in [1.82, 2.24) is 9.29 Å². The molecule has 0 unspecified atom stereocenters. The van der Waals surface area contributed by atoms with Gasteiger partial charge in [0.15, 0.2) is 0 Å². The van der Waals surface area contributed by atoms with E-state index in [1.807, 2.05) is 6.07 Å². The molecule has 11 heteroatoms. The van der Waals surface area contributed by atoms with E-state index >= 15 is 0 Å². The third-order valence-corrected chi connectivity index (χ3v) is 6.69. The van der Waals surface area contributed by atoms with Gasteiger partial charge in [-0.3, -0.25) is 0 Å². The van der Waals surface area contributed by atoms with Crippen LogP contribution in [0.15, 0.2) is 41.4 Å². The number of nitriles is 1. The number of hydrogen-bond acceptors (Lipinski definition) is 5. The van der Waals surface area contributed by atoms with Crippen molar-refractivity contribution in [3.05, 3.63) is 52.7 Å². The van der Waals surface area contributed by atoms with E-state index in [2.05, 4.69) is 4.98 Å². The monoisotopic (exact) mass is 430 g/mol. The molecule has 3 rings (SSSR count). The first-order valence-electron chi connectivity index (χ1n) is 8.11. The SMILES string of the molecule is N#Cc1ccnc(N2CCN(S(=O)(=O)c3cc(C(F)(F)F)ccc3Cl)CC2)c1. The average molecular weight is 431 g/mol. The van der Waals surface area contributed by atoms with Crippen LogP contribution in [0.2, 0.25) is 5.02 Å². The average Bonchev–Trinajstić information content (AvgIpc) is 2.67. The maximum atomic E-state index is 12.9. The fourth-order valence-corrected chi connectivity index (χ4v) is 4.76. The van der Waals surface area contributed by atoms with Crippen LogP contribution in [0.4, 0.5) is 19.0 Å². The fraction of sp³-hybridized carbons (Fsp3) is 0.294. The molecule has 1 aromatic carbocycles. The van der Waals surface area contributed by atoms with Crippen LogP contribution in [0, 0.1) is 11.3 Å². The van der Waals surface area contributed by atoms with Crippen LogP contribution in [0.25, 0.3) is 0 Å². The summed E-state index contributed by atoms with van der Waals surface area (Å²) in [5.74, 6) is 0.535. The van der Waals surface area contributed by atoms with Gasteiger partial charge in [-0.2, -0.15) is 22.7 Å². The van der Waals surface area contributed by atoms with E-state index in [9.17, 15) is 21.6 Å². The highest BCUT2D eigenvalue weighted by Gasteiger charge is 2.35. The second-order valence-electron chi connectivity index (χ2n) is 6.05. The molecule has 0 aliphatic carbocycles. The molecule has 0 N–H and O–H groups in total. The minimum atomic E-state index is -4.68. The minimum absolute atomic E-state index is 0.0490. The van der Waals surface area contributed by atoms with Crippen LogP contribution in [0.3, 0.4) is 0 Å². The Labute approximate surface area is 164 Å². The summed E-state index contributed by atoms with van der Waals surface area (Å²) in [6.45, 7) is 0.649. The highest BCUT2D eigenvalue weighted by atomic mass is 35.5. The summed E-state index contributed by atoms with van der Waals surface area (Å²) in [6, 6.07) is 7.39. The topological polar surface area (TPSA) is 77.3 Å². The lowest BCUT2D eigenvalue weighted by Crippen LogP contribution is -2.49. The number of halogens is 4. The lowest BCUT2D eigenvalue weighted by atomic mass is 10.2. The van der Waals surface area contributed by atoms with Gasteiger partial charge in [0.1, 0.15) is 10.7 Å². The molecule has 148 valence electrons. The molecule has 1 aromatic heterocycles. The van der Waals surface area contributed by atoms with Gasteiger partial charge in [0.2, 0.25) is 10.0 Å². The number of benzene rings is 1. The van der Waals surface area contributed by atoms with E-state index in [-0.39, 0.29) is 31.2 Å². The Morgan fingerprint density at radius 1 is 1.11 bits per heavy atom. The van der Waals surface area contributed by atoms with E-state index in [0.29, 0.717) is 17.4 Å². The molecule has 6 nitrogen and oxygen atoms in total. The molecule has 2 heterocycles. The third-order valence-electron chi connectivity index (χ3n) is 4.31. The van der Waals surface area contributed by atoms with Gasteiger partial charge < -0.3 is 4.90 Å². The maximum absolute atomic E-state index is 12.9. The van der Waals surface area contributed by atoms with Crippen LogP contribution < -0.4 is 4.90 Å². The quantitative estimate of drug-likeness (QED) is 0.747. The second kappa shape index (κ2) is 7.58. The molecule has 0 saturated carbocycles. The molecule has 0 bridgehead atoms. The van der Waals surface area contributed by atoms with Gasteiger partial charge in [-0.25, -0.2) is 13.4 Å². The van der Waals surface area contributed by atoms with Crippen molar-refractivity contribution in [3.63, 3.8) is 0 Å². The Kier molecular flexibility index (Phi) is 5.52. The molecule has 0 amide bonds. The number of piperazine rings is 1. The van der Waals surface area contributed by atoms with Gasteiger partial charge in [0.05, 0.1) is 22.2 Å². The van der Waals surface area contributed by atoms with Crippen molar-refractivity contribution in [2.24, 2.45) is 0 Å². The molecular weight excluding hydrogens is 417 g/mol. The number of pyridine rings is 1. The van der Waals surface area contributed by atoms with Crippen molar-refractivity contribution < 1.29 is 21.6 Å². The summed E-state index contributed by atoms with van der Waals surface area (Å²) in [6.07, 6.45) is -3.19. The third kappa shape index (κ3) is 4.06. The van der Waals surface area contributed by atoms with Crippen LogP contribution in [-0.2, 0) is 16.2 Å². The van der Waals surface area contributed by atoms with E-state index in [4.69, 9.17) is 16.9 Å². The van der Waals surface area contributed by atoms with E-state index in [1.165, 1.54) is 6.20 Å². The Hall–Kier alpha value is -2.35. The lowest BCUT2D eigenvalue weighted by molar-refractivity contribution is -0.137. The summed E-state index contributed by atoms with van der Waals surface area (Å²) in [7, 11) is -4.19. The first-order valence-corrected chi connectivity index (χ1v) is 9.93. The predicted molar refractivity (Wildman–Crippen MR) is 96.4 cm³/mol. The first-order chi connectivity index (χ1) is 13.1. The van der Waals surface area contributed by atoms with Gasteiger partial charge in [0, 0.05) is 32.4 Å². The second-order valence-corrected chi connectivity index (χ2v) is 8.36. The lowest BCUT2D eigenvalue weighted by Gasteiger charge is -2.34. The van der Waals surface area contributed by atoms with Gasteiger partial charge in [-0.05, 0) is 30.3 Å². The van der Waals surface area contributed by atoms with Gasteiger partial charge >= 0.3 is 6.18 Å². The minimum Gasteiger partial charge on any atom is -0.354 e. The summed E-state index contributed by atoms with van der Waals surface area (Å²) < 4.78 is 65.6. The zero-order valence-electron chi connectivity index (χ0n) is 14.3. The molecule has 2 aromatic rings. The maximum Gasteiger partial charge on any atom is 0.416 e. The number of rotatable bonds is 3. The van der Waals surface area contributed by atoms with E-state index in [0.717, 1.165) is 16.4 Å². The van der Waals surface area contributed by atoms with Crippen molar-refractivity contribution in [2.45, 2.75) is 11.1 Å². The molecule has 0 atom stereocenters. The molecule has 1 fully saturated rings. The normalized spacial score (nSPS) is 16.0. The number of hydrogen-bond donors (Lipinski definition) is 0. The molecule has 1 aliphatic heterocycles. The fourth-order valence-electron chi connectivity index (χ4n) is 2.83. The van der Waals surface area contributed by atoms with Crippen molar-refractivity contribution in [3.8, 4) is 6.07 Å². The number of aromatic nitrogens is 1. The smallest absolute Gasteiger partial charge is 0.354 e. The summed E-state index contributed by atoms with van der Waals surface area (Å²) in [5.41, 5.74) is -0.651. The molecule has 1 saturated heterocycles. The van der Waals surface area contributed by atoms with Crippen molar-refractivity contribution >= 4 is 27.4 Å². The van der Waals surface area contributed by atoms with Crippen LogP contribution in [-0.4, -0.2) is 43.9 Å². The van der Waals surface area contributed by atoms with Crippen LogP contribution in [0.1, 0.15) is 11.1 Å². The summed E-state index contributed by atoms with van der Waals surface area (Å²) >= 11 is 5.88. The molecule has 0 spiro atoms. The standard InChI is InChI=1S/C17H14ClF3N4O2S/c18-14-2-1-13(17(19,20)21)10-15(14)28(26,27)25-7-5-24(6-8-25)16-9-12(11-22)3-4-23-16/h1-4,9-10H,5-8H2. The summed E-state index contributed by atoms with van der Waals surface area (Å²) in [4.78, 5) is 5.41. The van der Waals surface area contributed by atoms with Gasteiger partial charge in [0.25, 0.3) is 0 Å².